The summed E-state index contributed by atoms with van der Waals surface area (Å²) in [6.45, 7) is 6.98. The van der Waals surface area contributed by atoms with Gasteiger partial charge < -0.3 is 5.32 Å². The maximum absolute atomic E-state index is 11.9. The van der Waals surface area contributed by atoms with Crippen LogP contribution in [0, 0.1) is 5.92 Å². The van der Waals surface area contributed by atoms with E-state index in [-0.39, 0.29) is 5.91 Å². The molecule has 21 heavy (non-hydrogen) atoms. The van der Waals surface area contributed by atoms with Crippen molar-refractivity contribution in [1.82, 2.24) is 5.32 Å². The number of hydrogen-bond donors (Lipinski definition) is 1. The lowest BCUT2D eigenvalue weighted by atomic mass is 10.1. The zero-order chi connectivity index (χ0) is 16.0. The number of anilines is 1. The van der Waals surface area contributed by atoms with Crippen molar-refractivity contribution in [3.8, 4) is 0 Å². The van der Waals surface area contributed by atoms with E-state index >= 15 is 0 Å². The summed E-state index contributed by atoms with van der Waals surface area (Å²) in [5.74, 6) is 0.408. The van der Waals surface area contributed by atoms with Crippen LogP contribution < -0.4 is 9.62 Å². The van der Waals surface area contributed by atoms with Gasteiger partial charge in [0.2, 0.25) is 10.0 Å². The highest BCUT2D eigenvalue weighted by molar-refractivity contribution is 7.92. The first kappa shape index (κ1) is 17.5. The van der Waals surface area contributed by atoms with Gasteiger partial charge in [0.25, 0.3) is 5.91 Å². The number of benzene rings is 1. The number of rotatable bonds is 7. The van der Waals surface area contributed by atoms with Crippen LogP contribution in [0.2, 0.25) is 0 Å². The van der Waals surface area contributed by atoms with E-state index in [0.29, 0.717) is 30.3 Å². The molecule has 5 nitrogen and oxygen atoms in total. The van der Waals surface area contributed by atoms with Crippen LogP contribution in [0.5, 0.6) is 0 Å². The monoisotopic (exact) mass is 312 g/mol. The maximum Gasteiger partial charge on any atom is 0.251 e. The molecule has 6 heteroatoms. The van der Waals surface area contributed by atoms with Crippen LogP contribution in [0.1, 0.15) is 37.6 Å². The summed E-state index contributed by atoms with van der Waals surface area (Å²) in [7, 11) is -3.29. The highest BCUT2D eigenvalue weighted by Crippen LogP contribution is 2.18. The lowest BCUT2D eigenvalue weighted by Gasteiger charge is -2.20. The average molecular weight is 312 g/mol. The molecule has 0 atom stereocenters. The lowest BCUT2D eigenvalue weighted by molar-refractivity contribution is 0.0952. The van der Waals surface area contributed by atoms with Crippen LogP contribution in [-0.2, 0) is 10.0 Å². The van der Waals surface area contributed by atoms with Crippen molar-refractivity contribution in [2.75, 3.05) is 23.7 Å². The Balaban J connectivity index is 2.76. The average Bonchev–Trinajstić information content (AvgIpc) is 2.38. The van der Waals surface area contributed by atoms with Crippen molar-refractivity contribution in [3.05, 3.63) is 29.8 Å². The van der Waals surface area contributed by atoms with Crippen molar-refractivity contribution >= 4 is 21.6 Å². The summed E-state index contributed by atoms with van der Waals surface area (Å²) in [4.78, 5) is 11.9. The van der Waals surface area contributed by atoms with Crippen molar-refractivity contribution < 1.29 is 13.2 Å². The molecule has 0 saturated carbocycles. The van der Waals surface area contributed by atoms with E-state index in [9.17, 15) is 13.2 Å². The molecule has 0 fully saturated rings. The summed E-state index contributed by atoms with van der Waals surface area (Å²) >= 11 is 0. The fourth-order valence-electron chi connectivity index (χ4n) is 1.96. The SMILES string of the molecule is CCN(c1ccc(C(=O)NCCC(C)C)cc1)S(C)(=O)=O. The summed E-state index contributed by atoms with van der Waals surface area (Å²) in [6.07, 6.45) is 2.10. The Bertz CT molecular complexity index is 565. The first-order valence-electron chi connectivity index (χ1n) is 7.11. The fraction of sp³-hybridized carbons (Fsp3) is 0.533. The summed E-state index contributed by atoms with van der Waals surface area (Å²) in [5, 5.41) is 2.85. The van der Waals surface area contributed by atoms with Gasteiger partial charge in [0.15, 0.2) is 0 Å². The Morgan fingerprint density at radius 1 is 1.24 bits per heavy atom. The third-order valence-electron chi connectivity index (χ3n) is 3.11. The van der Waals surface area contributed by atoms with Gasteiger partial charge in [0.05, 0.1) is 11.9 Å². The highest BCUT2D eigenvalue weighted by Gasteiger charge is 2.15. The van der Waals surface area contributed by atoms with Crippen molar-refractivity contribution in [2.45, 2.75) is 27.2 Å². The molecule has 0 aliphatic heterocycles. The number of sulfonamides is 1. The molecule has 118 valence electrons. The van der Waals surface area contributed by atoms with Crippen LogP contribution in [-0.4, -0.2) is 33.7 Å². The lowest BCUT2D eigenvalue weighted by Crippen LogP contribution is -2.29. The topological polar surface area (TPSA) is 66.5 Å². The molecule has 0 bridgehead atoms. The van der Waals surface area contributed by atoms with Crippen LogP contribution >= 0.6 is 0 Å². The molecule has 1 rings (SSSR count). The van der Waals surface area contributed by atoms with Gasteiger partial charge in [-0.3, -0.25) is 9.10 Å². The molecular formula is C15H24N2O3S. The molecule has 0 aliphatic rings. The van der Waals surface area contributed by atoms with Gasteiger partial charge in [0, 0.05) is 18.7 Å². The van der Waals surface area contributed by atoms with E-state index in [2.05, 4.69) is 19.2 Å². The number of carbonyl (C=O) groups is 1. The van der Waals surface area contributed by atoms with E-state index < -0.39 is 10.0 Å². The zero-order valence-corrected chi connectivity index (χ0v) is 13.9. The van der Waals surface area contributed by atoms with Gasteiger partial charge in [0.1, 0.15) is 0 Å². The van der Waals surface area contributed by atoms with Gasteiger partial charge in [-0.2, -0.15) is 0 Å². The Morgan fingerprint density at radius 2 is 1.81 bits per heavy atom. The van der Waals surface area contributed by atoms with Crippen LogP contribution in [0.15, 0.2) is 24.3 Å². The molecule has 1 N–H and O–H groups in total. The predicted molar refractivity (Wildman–Crippen MR) is 86.1 cm³/mol. The van der Waals surface area contributed by atoms with E-state index in [0.717, 1.165) is 6.42 Å². The summed E-state index contributed by atoms with van der Waals surface area (Å²) in [6, 6.07) is 6.60. The largest absolute Gasteiger partial charge is 0.352 e. The Kier molecular flexibility index (Phi) is 6.20. The quantitative estimate of drug-likeness (QED) is 0.839. The molecule has 0 aromatic heterocycles. The second-order valence-corrected chi connectivity index (χ2v) is 7.32. The molecule has 0 unspecified atom stereocenters. The number of hydrogen-bond acceptors (Lipinski definition) is 3. The number of amides is 1. The van der Waals surface area contributed by atoms with E-state index in [1.54, 1.807) is 31.2 Å². The highest BCUT2D eigenvalue weighted by atomic mass is 32.2. The van der Waals surface area contributed by atoms with Gasteiger partial charge in [-0.25, -0.2) is 8.42 Å². The second kappa shape index (κ2) is 7.45. The molecular weight excluding hydrogens is 288 g/mol. The minimum Gasteiger partial charge on any atom is -0.352 e. The normalized spacial score (nSPS) is 11.5. The molecule has 0 heterocycles. The first-order valence-corrected chi connectivity index (χ1v) is 8.96. The molecule has 0 radical (unpaired) electrons. The van der Waals surface area contributed by atoms with Gasteiger partial charge in [-0.1, -0.05) is 13.8 Å². The number of nitrogens with zero attached hydrogens (tertiary/aromatic N) is 1. The Morgan fingerprint density at radius 3 is 2.24 bits per heavy atom. The molecule has 1 aromatic rings. The maximum atomic E-state index is 11.9. The zero-order valence-electron chi connectivity index (χ0n) is 13.1. The van der Waals surface area contributed by atoms with Crippen molar-refractivity contribution in [3.63, 3.8) is 0 Å². The molecule has 0 aliphatic carbocycles. The standard InChI is InChI=1S/C15H24N2O3S/c1-5-17(21(4,19)20)14-8-6-13(7-9-14)15(18)16-11-10-12(2)3/h6-9,12H,5,10-11H2,1-4H3,(H,16,18). The van der Waals surface area contributed by atoms with E-state index in [1.165, 1.54) is 10.6 Å². The number of nitrogens with one attached hydrogen (secondary N) is 1. The second-order valence-electron chi connectivity index (χ2n) is 5.41. The third kappa shape index (κ3) is 5.38. The smallest absolute Gasteiger partial charge is 0.251 e. The Labute approximate surface area is 127 Å². The number of carbonyl (C=O) groups excluding carboxylic acids is 1. The van der Waals surface area contributed by atoms with Crippen molar-refractivity contribution in [1.29, 1.82) is 0 Å². The van der Waals surface area contributed by atoms with Crippen LogP contribution in [0.4, 0.5) is 5.69 Å². The van der Waals surface area contributed by atoms with Crippen LogP contribution in [0.3, 0.4) is 0 Å². The predicted octanol–water partition coefficient (Wildman–Crippen LogP) is 2.25. The first-order chi connectivity index (χ1) is 9.75. The molecule has 0 saturated heterocycles. The summed E-state index contributed by atoms with van der Waals surface area (Å²) < 4.78 is 24.6. The fourth-order valence-corrected chi connectivity index (χ4v) is 2.94. The molecule has 1 aromatic carbocycles. The minimum atomic E-state index is -3.29. The molecule has 1 amide bonds. The van der Waals surface area contributed by atoms with Crippen LogP contribution in [0.25, 0.3) is 0 Å². The van der Waals surface area contributed by atoms with E-state index in [4.69, 9.17) is 0 Å². The van der Waals surface area contributed by atoms with Gasteiger partial charge >= 0.3 is 0 Å². The minimum absolute atomic E-state index is 0.135. The molecule has 0 spiro atoms. The van der Waals surface area contributed by atoms with Gasteiger partial charge in [-0.15, -0.1) is 0 Å². The summed E-state index contributed by atoms with van der Waals surface area (Å²) in [5.41, 5.74) is 1.10. The van der Waals surface area contributed by atoms with Gasteiger partial charge in [-0.05, 0) is 43.5 Å². The Hall–Kier alpha value is -1.56. The third-order valence-corrected chi connectivity index (χ3v) is 4.38. The van der Waals surface area contributed by atoms with E-state index in [1.807, 2.05) is 0 Å². The van der Waals surface area contributed by atoms with Crippen molar-refractivity contribution in [2.24, 2.45) is 5.92 Å².